The zero-order valence-corrected chi connectivity index (χ0v) is 15.9. The van der Waals surface area contributed by atoms with Crippen LogP contribution in [0.1, 0.15) is 21.6 Å². The van der Waals surface area contributed by atoms with Gasteiger partial charge in [-0.2, -0.15) is 0 Å². The molecule has 0 unspecified atom stereocenters. The van der Waals surface area contributed by atoms with Crippen molar-refractivity contribution in [1.29, 1.82) is 0 Å². The molecule has 2 aromatic heterocycles. The number of para-hydroxylation sites is 1. The molecule has 0 atom stereocenters. The predicted molar refractivity (Wildman–Crippen MR) is 110 cm³/mol. The Labute approximate surface area is 159 Å². The molecule has 2 heterocycles. The molecule has 0 bridgehead atoms. The maximum atomic E-state index is 13.1. The molecule has 0 saturated carbocycles. The van der Waals surface area contributed by atoms with Gasteiger partial charge in [0, 0.05) is 42.9 Å². The molecule has 136 valence electrons. The number of rotatable bonds is 4. The summed E-state index contributed by atoms with van der Waals surface area (Å²) in [5, 5.41) is 2.14. The molecule has 4 heteroatoms. The molecule has 4 aromatic rings. The normalized spacial score (nSPS) is 11.2. The van der Waals surface area contributed by atoms with Crippen molar-refractivity contribution in [2.45, 2.75) is 20.4 Å². The highest BCUT2D eigenvalue weighted by atomic mass is 16.2. The smallest absolute Gasteiger partial charge is 0.254 e. The number of hydrogen-bond acceptors (Lipinski definition) is 2. The minimum Gasteiger partial charge on any atom is -0.346 e. The Morgan fingerprint density at radius 1 is 1.07 bits per heavy atom. The Bertz CT molecular complexity index is 1140. The quantitative estimate of drug-likeness (QED) is 0.536. The van der Waals surface area contributed by atoms with E-state index >= 15 is 0 Å². The van der Waals surface area contributed by atoms with E-state index in [4.69, 9.17) is 0 Å². The largest absolute Gasteiger partial charge is 0.346 e. The summed E-state index contributed by atoms with van der Waals surface area (Å²) in [6.07, 6.45) is 2.08. The molecule has 4 nitrogen and oxygen atoms in total. The third-order valence-electron chi connectivity index (χ3n) is 5.03. The van der Waals surface area contributed by atoms with Gasteiger partial charge in [0.2, 0.25) is 0 Å². The van der Waals surface area contributed by atoms with E-state index < -0.39 is 0 Å². The van der Waals surface area contributed by atoms with Gasteiger partial charge in [-0.3, -0.25) is 9.78 Å². The zero-order chi connectivity index (χ0) is 19.0. The van der Waals surface area contributed by atoms with Crippen molar-refractivity contribution in [2.75, 3.05) is 13.6 Å². The Balaban J connectivity index is 1.59. The van der Waals surface area contributed by atoms with E-state index in [1.54, 1.807) is 4.90 Å². The maximum Gasteiger partial charge on any atom is 0.254 e. The van der Waals surface area contributed by atoms with Gasteiger partial charge in [0.25, 0.3) is 5.91 Å². The van der Waals surface area contributed by atoms with Crippen LogP contribution in [0.25, 0.3) is 21.8 Å². The number of hydrogen-bond donors (Lipinski definition) is 0. The van der Waals surface area contributed by atoms with Crippen LogP contribution in [0.4, 0.5) is 0 Å². The molecule has 0 aliphatic carbocycles. The summed E-state index contributed by atoms with van der Waals surface area (Å²) < 4.78 is 2.19. The van der Waals surface area contributed by atoms with E-state index in [2.05, 4.69) is 33.9 Å². The lowest BCUT2D eigenvalue weighted by molar-refractivity contribution is 0.0792. The Morgan fingerprint density at radius 3 is 2.74 bits per heavy atom. The van der Waals surface area contributed by atoms with Crippen LogP contribution in [-0.2, 0) is 6.54 Å². The first-order valence-electron chi connectivity index (χ1n) is 9.20. The third-order valence-corrected chi connectivity index (χ3v) is 5.03. The number of fused-ring (bicyclic) bond motifs is 2. The topological polar surface area (TPSA) is 38.1 Å². The van der Waals surface area contributed by atoms with Crippen LogP contribution >= 0.6 is 0 Å². The van der Waals surface area contributed by atoms with E-state index in [-0.39, 0.29) is 5.91 Å². The second-order valence-electron chi connectivity index (χ2n) is 7.13. The summed E-state index contributed by atoms with van der Waals surface area (Å²) in [6, 6.07) is 18.4. The summed E-state index contributed by atoms with van der Waals surface area (Å²) >= 11 is 0. The molecule has 0 saturated heterocycles. The molecule has 0 aliphatic heterocycles. The van der Waals surface area contributed by atoms with Gasteiger partial charge in [0.15, 0.2) is 0 Å². The van der Waals surface area contributed by atoms with E-state index in [9.17, 15) is 4.79 Å². The molecule has 0 N–H and O–H groups in total. The van der Waals surface area contributed by atoms with Gasteiger partial charge in [-0.25, -0.2) is 0 Å². The van der Waals surface area contributed by atoms with Crippen LogP contribution in [0, 0.1) is 13.8 Å². The number of carbonyl (C=O) groups excluding carboxylic acids is 1. The maximum absolute atomic E-state index is 13.1. The predicted octanol–water partition coefficient (Wildman–Crippen LogP) is 4.58. The van der Waals surface area contributed by atoms with Crippen LogP contribution in [0.2, 0.25) is 0 Å². The van der Waals surface area contributed by atoms with Gasteiger partial charge >= 0.3 is 0 Å². The molecule has 1 amide bonds. The summed E-state index contributed by atoms with van der Waals surface area (Å²) in [4.78, 5) is 19.5. The molecule has 4 rings (SSSR count). The van der Waals surface area contributed by atoms with E-state index in [1.807, 2.05) is 57.3 Å². The van der Waals surface area contributed by atoms with E-state index in [0.29, 0.717) is 6.54 Å². The second kappa shape index (κ2) is 6.88. The molecular weight excluding hydrogens is 334 g/mol. The Kier molecular flexibility index (Phi) is 4.40. The fourth-order valence-electron chi connectivity index (χ4n) is 3.55. The SMILES string of the molecule is Cc1ccc2nc(C)cc(C(=O)N(C)CCn3ccc4ccccc43)c2c1. The molecule has 0 spiro atoms. The van der Waals surface area contributed by atoms with Crippen molar-refractivity contribution < 1.29 is 4.79 Å². The number of aryl methyl sites for hydroxylation is 2. The lowest BCUT2D eigenvalue weighted by Crippen LogP contribution is -2.30. The standard InChI is InChI=1S/C23H23N3O/c1-16-8-9-21-19(14-16)20(15-17(2)24-21)23(27)25(3)12-13-26-11-10-18-6-4-5-7-22(18)26/h4-11,14-15H,12-13H2,1-3H3. The van der Waals surface area contributed by atoms with Crippen molar-refractivity contribution in [1.82, 2.24) is 14.5 Å². The monoisotopic (exact) mass is 357 g/mol. The molecule has 0 aliphatic rings. The highest BCUT2D eigenvalue weighted by Crippen LogP contribution is 2.21. The van der Waals surface area contributed by atoms with Crippen molar-refractivity contribution in [3.63, 3.8) is 0 Å². The van der Waals surface area contributed by atoms with Gasteiger partial charge in [-0.1, -0.05) is 29.8 Å². The van der Waals surface area contributed by atoms with Crippen LogP contribution in [0.3, 0.4) is 0 Å². The first-order valence-corrected chi connectivity index (χ1v) is 9.20. The van der Waals surface area contributed by atoms with Gasteiger partial charge in [0.1, 0.15) is 0 Å². The summed E-state index contributed by atoms with van der Waals surface area (Å²) in [5.74, 6) is 0.0348. The highest BCUT2D eigenvalue weighted by Gasteiger charge is 2.16. The number of aromatic nitrogens is 2. The summed E-state index contributed by atoms with van der Waals surface area (Å²) in [7, 11) is 1.87. The van der Waals surface area contributed by atoms with Crippen molar-refractivity contribution in [3.05, 3.63) is 77.6 Å². The molecule has 0 radical (unpaired) electrons. The van der Waals surface area contributed by atoms with Crippen molar-refractivity contribution >= 4 is 27.7 Å². The fourth-order valence-corrected chi connectivity index (χ4v) is 3.55. The van der Waals surface area contributed by atoms with Gasteiger partial charge in [-0.15, -0.1) is 0 Å². The van der Waals surface area contributed by atoms with Crippen LogP contribution in [0.5, 0.6) is 0 Å². The number of carbonyl (C=O) groups is 1. The molecular formula is C23H23N3O. The highest BCUT2D eigenvalue weighted by molar-refractivity contribution is 6.06. The summed E-state index contributed by atoms with van der Waals surface area (Å²) in [6.45, 7) is 5.37. The Hall–Kier alpha value is -3.14. The molecule has 27 heavy (non-hydrogen) atoms. The second-order valence-corrected chi connectivity index (χ2v) is 7.13. The number of amides is 1. The van der Waals surface area contributed by atoms with Crippen molar-refractivity contribution in [2.24, 2.45) is 0 Å². The minimum absolute atomic E-state index is 0.0348. The van der Waals surface area contributed by atoms with Crippen LogP contribution < -0.4 is 0 Å². The first kappa shape index (κ1) is 17.3. The average Bonchev–Trinajstić information content (AvgIpc) is 3.08. The number of likely N-dealkylation sites (N-methyl/N-ethyl adjacent to an activating group) is 1. The fraction of sp³-hybridized carbons (Fsp3) is 0.217. The number of benzene rings is 2. The molecule has 2 aromatic carbocycles. The number of nitrogens with zero attached hydrogens (tertiary/aromatic N) is 3. The van der Waals surface area contributed by atoms with Gasteiger partial charge in [-0.05, 0) is 49.6 Å². The zero-order valence-electron chi connectivity index (χ0n) is 15.9. The lowest BCUT2D eigenvalue weighted by Gasteiger charge is -2.19. The molecule has 0 fully saturated rings. The summed E-state index contributed by atoms with van der Waals surface area (Å²) in [5.41, 5.74) is 4.78. The average molecular weight is 357 g/mol. The number of pyridine rings is 1. The lowest BCUT2D eigenvalue weighted by atomic mass is 10.0. The third kappa shape index (κ3) is 3.31. The van der Waals surface area contributed by atoms with E-state index in [0.717, 1.165) is 34.3 Å². The van der Waals surface area contributed by atoms with Crippen LogP contribution in [-0.4, -0.2) is 34.0 Å². The van der Waals surface area contributed by atoms with Crippen LogP contribution in [0.15, 0.2) is 60.8 Å². The van der Waals surface area contributed by atoms with Gasteiger partial charge < -0.3 is 9.47 Å². The van der Waals surface area contributed by atoms with Crippen molar-refractivity contribution in [3.8, 4) is 0 Å². The van der Waals surface area contributed by atoms with Gasteiger partial charge in [0.05, 0.1) is 11.1 Å². The first-order chi connectivity index (χ1) is 13.0. The van der Waals surface area contributed by atoms with E-state index in [1.165, 1.54) is 10.9 Å². The Morgan fingerprint density at radius 2 is 1.89 bits per heavy atom. The minimum atomic E-state index is 0.0348.